The number of benzene rings is 2. The van der Waals surface area contributed by atoms with Crippen molar-refractivity contribution in [3.8, 4) is 5.75 Å². The van der Waals surface area contributed by atoms with E-state index in [0.29, 0.717) is 0 Å². The number of hydrogen-bond acceptors (Lipinski definition) is 5. The van der Waals surface area contributed by atoms with Crippen LogP contribution in [-0.2, 0) is 17.8 Å². The zero-order chi connectivity index (χ0) is 19.1. The van der Waals surface area contributed by atoms with E-state index in [1.807, 2.05) is 6.07 Å². The highest BCUT2D eigenvalue weighted by Crippen LogP contribution is 2.15. The van der Waals surface area contributed by atoms with Crippen LogP contribution in [0.15, 0.2) is 54.6 Å². The van der Waals surface area contributed by atoms with Crippen LogP contribution in [0, 0.1) is 10.1 Å². The van der Waals surface area contributed by atoms with E-state index >= 15 is 0 Å². The highest BCUT2D eigenvalue weighted by molar-refractivity contribution is 5.78. The van der Waals surface area contributed by atoms with Crippen molar-refractivity contribution in [1.82, 2.24) is 10.2 Å². The van der Waals surface area contributed by atoms with Gasteiger partial charge in [-0.1, -0.05) is 42.5 Å². The van der Waals surface area contributed by atoms with Crippen LogP contribution in [0.4, 0.5) is 0 Å². The van der Waals surface area contributed by atoms with Crippen molar-refractivity contribution in [2.45, 2.75) is 31.8 Å². The number of nitrogens with zero attached hydrogens (tertiary/aromatic N) is 2. The lowest BCUT2D eigenvalue weighted by Crippen LogP contribution is -2.44. The number of hydrogen-bond donors (Lipinski definition) is 1. The van der Waals surface area contributed by atoms with E-state index in [1.165, 1.54) is 17.7 Å². The van der Waals surface area contributed by atoms with E-state index in [1.54, 1.807) is 12.1 Å². The molecule has 0 bridgehead atoms. The van der Waals surface area contributed by atoms with Crippen molar-refractivity contribution in [2.24, 2.45) is 0 Å². The van der Waals surface area contributed by atoms with Gasteiger partial charge in [-0.15, -0.1) is 10.1 Å². The van der Waals surface area contributed by atoms with Crippen molar-refractivity contribution >= 4 is 5.91 Å². The molecule has 3 rings (SSSR count). The molecule has 1 aliphatic heterocycles. The lowest BCUT2D eigenvalue weighted by atomic mass is 10.0. The van der Waals surface area contributed by atoms with E-state index in [-0.39, 0.29) is 24.1 Å². The summed E-state index contributed by atoms with van der Waals surface area (Å²) >= 11 is 0. The molecule has 1 aliphatic rings. The first kappa shape index (κ1) is 18.8. The van der Waals surface area contributed by atoms with Crippen LogP contribution in [0.3, 0.4) is 0 Å². The van der Waals surface area contributed by atoms with Crippen molar-refractivity contribution in [3.63, 3.8) is 0 Å². The van der Waals surface area contributed by atoms with Crippen LogP contribution in [-0.4, -0.2) is 35.0 Å². The van der Waals surface area contributed by atoms with Gasteiger partial charge in [-0.25, -0.2) is 0 Å². The highest BCUT2D eigenvalue weighted by atomic mass is 17.0. The Morgan fingerprint density at radius 2 is 1.74 bits per heavy atom. The van der Waals surface area contributed by atoms with Gasteiger partial charge in [0.25, 0.3) is 5.09 Å². The molecule has 1 saturated heterocycles. The molecule has 0 aliphatic carbocycles. The summed E-state index contributed by atoms with van der Waals surface area (Å²) in [4.78, 5) is 29.3. The summed E-state index contributed by atoms with van der Waals surface area (Å²) in [6, 6.07) is 16.9. The Bertz CT molecular complexity index is 757. The number of carbonyl (C=O) groups is 1. The Morgan fingerprint density at radius 3 is 2.37 bits per heavy atom. The van der Waals surface area contributed by atoms with Crippen LogP contribution in [0.2, 0.25) is 0 Å². The van der Waals surface area contributed by atoms with Gasteiger partial charge in [-0.3, -0.25) is 14.5 Å². The standard InChI is InChI=1S/C20H23N3O4/c24-20(14-16-6-8-19(9-7-16)27-23(25)26)21-18-10-12-22(13-11-18)15-17-4-2-1-3-5-17/h1-9,18H,10-15H2,(H,21,24). The number of piperidine rings is 1. The summed E-state index contributed by atoms with van der Waals surface area (Å²) in [5, 5.41) is 12.5. The molecule has 1 N–H and O–H groups in total. The smallest absolute Gasteiger partial charge is 0.299 e. The van der Waals surface area contributed by atoms with Crippen molar-refractivity contribution in [3.05, 3.63) is 75.8 Å². The molecule has 0 spiro atoms. The Labute approximate surface area is 158 Å². The minimum atomic E-state index is -0.855. The van der Waals surface area contributed by atoms with E-state index in [0.717, 1.165) is 38.0 Å². The van der Waals surface area contributed by atoms with Gasteiger partial charge in [0.1, 0.15) is 5.75 Å². The predicted molar refractivity (Wildman–Crippen MR) is 101 cm³/mol. The maximum absolute atomic E-state index is 12.3. The minimum Gasteiger partial charge on any atom is -0.353 e. The first-order valence-electron chi connectivity index (χ1n) is 9.05. The van der Waals surface area contributed by atoms with Gasteiger partial charge in [-0.05, 0) is 36.1 Å². The molecule has 0 aromatic heterocycles. The van der Waals surface area contributed by atoms with Gasteiger partial charge >= 0.3 is 0 Å². The van der Waals surface area contributed by atoms with E-state index in [9.17, 15) is 14.9 Å². The molecule has 7 nitrogen and oxygen atoms in total. The number of amides is 1. The van der Waals surface area contributed by atoms with Crippen molar-refractivity contribution in [1.29, 1.82) is 0 Å². The molecule has 1 amide bonds. The fourth-order valence-corrected chi connectivity index (χ4v) is 3.30. The molecular formula is C20H23N3O4. The zero-order valence-corrected chi connectivity index (χ0v) is 15.0. The van der Waals surface area contributed by atoms with Crippen LogP contribution in [0.1, 0.15) is 24.0 Å². The first-order chi connectivity index (χ1) is 13.1. The van der Waals surface area contributed by atoms with Gasteiger partial charge < -0.3 is 5.32 Å². The van der Waals surface area contributed by atoms with Crippen molar-refractivity contribution < 1.29 is 14.7 Å². The fraction of sp³-hybridized carbons (Fsp3) is 0.350. The highest BCUT2D eigenvalue weighted by Gasteiger charge is 2.20. The number of rotatable bonds is 7. The Balaban J connectivity index is 1.41. The van der Waals surface area contributed by atoms with Gasteiger partial charge in [0.05, 0.1) is 6.42 Å². The molecule has 7 heteroatoms. The van der Waals surface area contributed by atoms with E-state index in [2.05, 4.69) is 39.3 Å². The predicted octanol–water partition coefficient (Wildman–Crippen LogP) is 2.58. The molecule has 2 aromatic rings. The third-order valence-corrected chi connectivity index (χ3v) is 4.67. The Kier molecular flexibility index (Phi) is 6.38. The summed E-state index contributed by atoms with van der Waals surface area (Å²) in [7, 11) is 0. The fourth-order valence-electron chi connectivity index (χ4n) is 3.30. The van der Waals surface area contributed by atoms with Gasteiger partial charge in [0.15, 0.2) is 0 Å². The Morgan fingerprint density at radius 1 is 1.07 bits per heavy atom. The second-order valence-electron chi connectivity index (χ2n) is 6.74. The maximum Gasteiger partial charge on any atom is 0.299 e. The molecule has 0 atom stereocenters. The summed E-state index contributed by atoms with van der Waals surface area (Å²) in [5.41, 5.74) is 2.11. The maximum atomic E-state index is 12.3. The molecule has 1 heterocycles. The second-order valence-corrected chi connectivity index (χ2v) is 6.74. The van der Waals surface area contributed by atoms with Gasteiger partial charge in [0, 0.05) is 25.7 Å². The topological polar surface area (TPSA) is 84.7 Å². The van der Waals surface area contributed by atoms with Crippen LogP contribution in [0.5, 0.6) is 5.75 Å². The second kappa shape index (κ2) is 9.14. The Hall–Kier alpha value is -2.93. The molecule has 27 heavy (non-hydrogen) atoms. The lowest BCUT2D eigenvalue weighted by molar-refractivity contribution is -0.711. The monoisotopic (exact) mass is 369 g/mol. The largest absolute Gasteiger partial charge is 0.353 e. The molecule has 0 unspecified atom stereocenters. The van der Waals surface area contributed by atoms with Crippen LogP contribution in [0.25, 0.3) is 0 Å². The SMILES string of the molecule is O=C(Cc1ccc(O[N+](=O)[O-])cc1)NC1CCN(Cc2ccccc2)CC1. The van der Waals surface area contributed by atoms with Crippen LogP contribution >= 0.6 is 0 Å². The molecular weight excluding hydrogens is 346 g/mol. The third-order valence-electron chi connectivity index (χ3n) is 4.67. The van der Waals surface area contributed by atoms with Crippen molar-refractivity contribution in [2.75, 3.05) is 13.1 Å². The van der Waals surface area contributed by atoms with Gasteiger partial charge in [0.2, 0.25) is 5.91 Å². The summed E-state index contributed by atoms with van der Waals surface area (Å²) in [5.74, 6) is 0.120. The third kappa shape index (κ3) is 6.07. The van der Waals surface area contributed by atoms with Crippen LogP contribution < -0.4 is 10.2 Å². The average Bonchev–Trinajstić information content (AvgIpc) is 2.65. The summed E-state index contributed by atoms with van der Waals surface area (Å²) in [6.45, 7) is 2.87. The zero-order valence-electron chi connectivity index (χ0n) is 15.0. The van der Waals surface area contributed by atoms with Gasteiger partial charge in [-0.2, -0.15) is 0 Å². The van der Waals surface area contributed by atoms with E-state index < -0.39 is 5.09 Å². The molecule has 0 saturated carbocycles. The number of likely N-dealkylation sites (tertiary alicyclic amines) is 1. The lowest BCUT2D eigenvalue weighted by Gasteiger charge is -2.32. The first-order valence-corrected chi connectivity index (χ1v) is 9.05. The minimum absolute atomic E-state index is 0.0283. The van der Waals surface area contributed by atoms with E-state index in [4.69, 9.17) is 0 Å². The number of carbonyl (C=O) groups excluding carboxylic acids is 1. The molecule has 2 aromatic carbocycles. The molecule has 0 radical (unpaired) electrons. The number of nitrogens with one attached hydrogen (secondary N) is 1. The normalized spacial score (nSPS) is 15.3. The quantitative estimate of drug-likeness (QED) is 0.599. The molecule has 1 fully saturated rings. The molecule has 142 valence electrons. The summed E-state index contributed by atoms with van der Waals surface area (Å²) in [6.07, 6.45) is 2.13. The average molecular weight is 369 g/mol. The summed E-state index contributed by atoms with van der Waals surface area (Å²) < 4.78 is 0.